The third kappa shape index (κ3) is 4.94. The molecule has 2 rings (SSSR count). The molecule has 2 aromatic rings. The minimum Gasteiger partial charge on any atom is -0.379 e. The number of hydrogen-bond acceptors (Lipinski definition) is 5. The number of para-hydroxylation sites is 1. The van der Waals surface area contributed by atoms with Crippen molar-refractivity contribution in [3.05, 3.63) is 64.2 Å². The number of rotatable bonds is 9. The highest BCUT2D eigenvalue weighted by atomic mass is 16.6. The number of nitro benzene ring substituents is 1. The zero-order valence-corrected chi connectivity index (χ0v) is 14.1. The first kappa shape index (κ1) is 18.3. The van der Waals surface area contributed by atoms with E-state index in [1.807, 2.05) is 18.2 Å². The number of nitrogens with one attached hydrogen (secondary N) is 1. The lowest BCUT2D eigenvalue weighted by Gasteiger charge is -2.23. The van der Waals surface area contributed by atoms with Crippen LogP contribution in [0.3, 0.4) is 0 Å². The standard InChI is InChI=1S/C18H22N4O3/c1-2-21(15-7-4-3-5-8-15)12-6-11-20-16-10-9-14(18(19)23)13-17(16)22(24)25/h3-5,7-10,13,20H,2,6,11-12H2,1H3,(H2,19,23). The Morgan fingerprint density at radius 2 is 1.96 bits per heavy atom. The van der Waals surface area contributed by atoms with Crippen molar-refractivity contribution in [3.63, 3.8) is 0 Å². The van der Waals surface area contributed by atoms with Crippen LogP contribution in [0.2, 0.25) is 0 Å². The van der Waals surface area contributed by atoms with Gasteiger partial charge in [0.1, 0.15) is 5.69 Å². The Balaban J connectivity index is 1.95. The highest BCUT2D eigenvalue weighted by Crippen LogP contribution is 2.25. The van der Waals surface area contributed by atoms with E-state index in [1.54, 1.807) is 0 Å². The highest BCUT2D eigenvalue weighted by Gasteiger charge is 2.16. The average molecular weight is 342 g/mol. The minimum absolute atomic E-state index is 0.124. The van der Waals surface area contributed by atoms with E-state index in [0.29, 0.717) is 12.2 Å². The number of nitro groups is 1. The van der Waals surface area contributed by atoms with Crippen molar-refractivity contribution in [1.82, 2.24) is 0 Å². The summed E-state index contributed by atoms with van der Waals surface area (Å²) in [6, 6.07) is 14.3. The number of nitrogens with zero attached hydrogens (tertiary/aromatic N) is 2. The lowest BCUT2D eigenvalue weighted by atomic mass is 10.1. The minimum atomic E-state index is -0.684. The summed E-state index contributed by atoms with van der Waals surface area (Å²) >= 11 is 0. The molecule has 0 spiro atoms. The van der Waals surface area contributed by atoms with E-state index in [4.69, 9.17) is 5.73 Å². The van der Waals surface area contributed by atoms with E-state index in [9.17, 15) is 14.9 Å². The van der Waals surface area contributed by atoms with E-state index in [1.165, 1.54) is 18.2 Å². The first-order valence-corrected chi connectivity index (χ1v) is 8.15. The van der Waals surface area contributed by atoms with Crippen LogP contribution >= 0.6 is 0 Å². The van der Waals surface area contributed by atoms with Gasteiger partial charge < -0.3 is 16.0 Å². The smallest absolute Gasteiger partial charge is 0.293 e. The predicted octanol–water partition coefficient (Wildman–Crippen LogP) is 3.02. The number of benzene rings is 2. The monoisotopic (exact) mass is 342 g/mol. The largest absolute Gasteiger partial charge is 0.379 e. The van der Waals surface area contributed by atoms with Gasteiger partial charge in [-0.1, -0.05) is 18.2 Å². The number of nitrogens with two attached hydrogens (primary N) is 1. The van der Waals surface area contributed by atoms with Crippen LogP contribution in [0.4, 0.5) is 17.1 Å². The SMILES string of the molecule is CCN(CCCNc1ccc(C(N)=O)cc1[N+](=O)[O-])c1ccccc1. The van der Waals surface area contributed by atoms with Crippen molar-refractivity contribution >= 4 is 23.0 Å². The zero-order valence-electron chi connectivity index (χ0n) is 14.1. The Morgan fingerprint density at radius 1 is 1.24 bits per heavy atom. The Labute approximate surface area is 146 Å². The number of primary amides is 1. The first-order chi connectivity index (χ1) is 12.0. The molecule has 0 bridgehead atoms. The van der Waals surface area contributed by atoms with Gasteiger partial charge in [0.05, 0.1) is 4.92 Å². The Hall–Kier alpha value is -3.09. The summed E-state index contributed by atoms with van der Waals surface area (Å²) in [6.45, 7) is 4.39. The van der Waals surface area contributed by atoms with E-state index < -0.39 is 10.8 Å². The number of amides is 1. The summed E-state index contributed by atoms with van der Waals surface area (Å²) in [5, 5.41) is 14.2. The molecule has 7 heteroatoms. The summed E-state index contributed by atoms with van der Waals surface area (Å²) in [6.07, 6.45) is 0.817. The molecule has 0 atom stereocenters. The van der Waals surface area contributed by atoms with E-state index in [0.717, 1.165) is 25.2 Å². The van der Waals surface area contributed by atoms with E-state index in [2.05, 4.69) is 29.3 Å². The fourth-order valence-electron chi connectivity index (χ4n) is 2.59. The van der Waals surface area contributed by atoms with Crippen LogP contribution in [0.5, 0.6) is 0 Å². The van der Waals surface area contributed by atoms with Gasteiger partial charge in [-0.15, -0.1) is 0 Å². The molecule has 3 N–H and O–H groups in total. The van der Waals surface area contributed by atoms with Crippen molar-refractivity contribution in [2.45, 2.75) is 13.3 Å². The molecule has 0 aromatic heterocycles. The molecule has 0 aliphatic rings. The lowest BCUT2D eigenvalue weighted by Crippen LogP contribution is -2.25. The van der Waals surface area contributed by atoms with Crippen LogP contribution in [0, 0.1) is 10.1 Å². The van der Waals surface area contributed by atoms with Gasteiger partial charge in [-0.2, -0.15) is 0 Å². The van der Waals surface area contributed by atoms with Gasteiger partial charge in [-0.05, 0) is 37.6 Å². The van der Waals surface area contributed by atoms with Crippen LogP contribution in [-0.4, -0.2) is 30.5 Å². The van der Waals surface area contributed by atoms with Crippen LogP contribution in [-0.2, 0) is 0 Å². The first-order valence-electron chi connectivity index (χ1n) is 8.15. The van der Waals surface area contributed by atoms with Gasteiger partial charge >= 0.3 is 0 Å². The summed E-state index contributed by atoms with van der Waals surface area (Å²) in [7, 11) is 0. The Bertz CT molecular complexity index is 734. The topological polar surface area (TPSA) is 102 Å². The molecule has 0 radical (unpaired) electrons. The third-order valence-electron chi connectivity index (χ3n) is 3.90. The van der Waals surface area contributed by atoms with Crippen molar-refractivity contribution in [2.24, 2.45) is 5.73 Å². The molecule has 0 aliphatic heterocycles. The summed E-state index contributed by atoms with van der Waals surface area (Å²) in [4.78, 5) is 24.1. The number of carbonyl (C=O) groups excluding carboxylic acids is 1. The van der Waals surface area contributed by atoms with Crippen LogP contribution in [0.15, 0.2) is 48.5 Å². The number of hydrogen-bond donors (Lipinski definition) is 2. The molecule has 132 valence electrons. The third-order valence-corrected chi connectivity index (χ3v) is 3.90. The quantitative estimate of drug-likeness (QED) is 0.414. The molecule has 0 saturated heterocycles. The highest BCUT2D eigenvalue weighted by molar-refractivity contribution is 5.94. The molecule has 0 fully saturated rings. The Kier molecular flexibility index (Phi) is 6.33. The zero-order chi connectivity index (χ0) is 18.2. The molecule has 0 saturated carbocycles. The average Bonchev–Trinajstić information content (AvgIpc) is 2.62. The number of carbonyl (C=O) groups is 1. The lowest BCUT2D eigenvalue weighted by molar-refractivity contribution is -0.384. The van der Waals surface area contributed by atoms with Gasteiger partial charge in [0.15, 0.2) is 0 Å². The van der Waals surface area contributed by atoms with Gasteiger partial charge in [-0.25, -0.2) is 0 Å². The second-order valence-corrected chi connectivity index (χ2v) is 5.55. The molecule has 0 unspecified atom stereocenters. The van der Waals surface area contributed by atoms with Crippen molar-refractivity contribution < 1.29 is 9.72 Å². The normalized spacial score (nSPS) is 10.3. The van der Waals surface area contributed by atoms with Gasteiger partial charge in [0.2, 0.25) is 5.91 Å². The molecule has 7 nitrogen and oxygen atoms in total. The van der Waals surface area contributed by atoms with Crippen molar-refractivity contribution in [2.75, 3.05) is 29.9 Å². The molecular formula is C18H22N4O3. The predicted molar refractivity (Wildman–Crippen MR) is 99.1 cm³/mol. The molecule has 0 aliphatic carbocycles. The van der Waals surface area contributed by atoms with Crippen LogP contribution in [0.25, 0.3) is 0 Å². The fourth-order valence-corrected chi connectivity index (χ4v) is 2.59. The number of anilines is 2. The second-order valence-electron chi connectivity index (χ2n) is 5.55. The fraction of sp³-hybridized carbons (Fsp3) is 0.278. The van der Waals surface area contributed by atoms with Crippen LogP contribution in [0.1, 0.15) is 23.7 Å². The summed E-state index contributed by atoms with van der Waals surface area (Å²) in [5.74, 6) is -0.684. The summed E-state index contributed by atoms with van der Waals surface area (Å²) in [5.41, 5.74) is 6.69. The molecule has 2 aromatic carbocycles. The molecular weight excluding hydrogens is 320 g/mol. The van der Waals surface area contributed by atoms with Gasteiger partial charge in [0.25, 0.3) is 5.69 Å². The van der Waals surface area contributed by atoms with E-state index >= 15 is 0 Å². The van der Waals surface area contributed by atoms with Crippen molar-refractivity contribution in [3.8, 4) is 0 Å². The maximum atomic E-state index is 11.2. The maximum Gasteiger partial charge on any atom is 0.293 e. The van der Waals surface area contributed by atoms with Gasteiger partial charge in [-0.3, -0.25) is 14.9 Å². The van der Waals surface area contributed by atoms with Crippen molar-refractivity contribution in [1.29, 1.82) is 0 Å². The Morgan fingerprint density at radius 3 is 2.56 bits per heavy atom. The van der Waals surface area contributed by atoms with E-state index in [-0.39, 0.29) is 11.3 Å². The molecule has 0 heterocycles. The molecule has 1 amide bonds. The maximum absolute atomic E-state index is 11.2. The van der Waals surface area contributed by atoms with Crippen LogP contribution < -0.4 is 16.0 Å². The second kappa shape index (κ2) is 8.68. The molecule has 25 heavy (non-hydrogen) atoms. The van der Waals surface area contributed by atoms with Gasteiger partial charge in [0, 0.05) is 37.0 Å². The summed E-state index contributed by atoms with van der Waals surface area (Å²) < 4.78 is 0.